The number of aromatic nitrogens is 2. The molecule has 3 heterocycles. The van der Waals surface area contributed by atoms with Crippen LogP contribution in [0.5, 0.6) is 0 Å². The van der Waals surface area contributed by atoms with Gasteiger partial charge in [-0.1, -0.05) is 18.0 Å². The largest absolute Gasteiger partial charge is 0.339 e. The van der Waals surface area contributed by atoms with Crippen molar-refractivity contribution in [2.24, 2.45) is 5.92 Å². The van der Waals surface area contributed by atoms with Crippen LogP contribution < -0.4 is 0 Å². The van der Waals surface area contributed by atoms with Crippen molar-refractivity contribution in [3.8, 4) is 11.4 Å². The SMILES string of the molecule is O=C(CCc1nc(-c2ccsc2)no1)N1CCC[C@H]1C1CCCC1. The van der Waals surface area contributed by atoms with Crippen molar-refractivity contribution in [3.05, 3.63) is 22.7 Å². The Morgan fingerprint density at radius 1 is 1.29 bits per heavy atom. The number of aryl methyl sites for hydroxylation is 1. The fraction of sp³-hybridized carbons (Fsp3) is 0.611. The van der Waals surface area contributed by atoms with Crippen molar-refractivity contribution < 1.29 is 9.32 Å². The Morgan fingerprint density at radius 3 is 2.96 bits per heavy atom. The quantitative estimate of drug-likeness (QED) is 0.824. The normalized spacial score (nSPS) is 21.7. The summed E-state index contributed by atoms with van der Waals surface area (Å²) in [5.41, 5.74) is 0.974. The number of hydrogen-bond acceptors (Lipinski definition) is 5. The number of thiophene rings is 1. The molecule has 0 radical (unpaired) electrons. The van der Waals surface area contributed by atoms with Crippen LogP contribution in [-0.2, 0) is 11.2 Å². The van der Waals surface area contributed by atoms with Crippen LogP contribution in [0.2, 0.25) is 0 Å². The van der Waals surface area contributed by atoms with E-state index in [0.29, 0.717) is 30.6 Å². The van der Waals surface area contributed by atoms with E-state index in [2.05, 4.69) is 15.0 Å². The molecule has 128 valence electrons. The lowest BCUT2D eigenvalue weighted by molar-refractivity contribution is -0.133. The molecule has 4 rings (SSSR count). The van der Waals surface area contributed by atoms with Gasteiger partial charge in [-0.05, 0) is 43.0 Å². The van der Waals surface area contributed by atoms with Crippen molar-refractivity contribution in [2.75, 3.05) is 6.54 Å². The predicted molar refractivity (Wildman–Crippen MR) is 92.6 cm³/mol. The second-order valence-electron chi connectivity index (χ2n) is 6.86. The summed E-state index contributed by atoms with van der Waals surface area (Å²) < 4.78 is 5.30. The standard InChI is InChI=1S/C18H23N3O2S/c22-17(21-10-3-6-15(21)13-4-1-2-5-13)8-7-16-19-18(20-23-16)14-9-11-24-12-14/h9,11-13,15H,1-8,10H2/t15-/m0/s1. The Balaban J connectivity index is 1.34. The molecule has 1 amide bonds. The third-order valence-electron chi connectivity index (χ3n) is 5.36. The first-order chi connectivity index (χ1) is 11.8. The molecule has 24 heavy (non-hydrogen) atoms. The van der Waals surface area contributed by atoms with E-state index < -0.39 is 0 Å². The van der Waals surface area contributed by atoms with E-state index in [4.69, 9.17) is 4.52 Å². The van der Waals surface area contributed by atoms with Gasteiger partial charge in [0.2, 0.25) is 17.6 Å². The van der Waals surface area contributed by atoms with Gasteiger partial charge >= 0.3 is 0 Å². The molecule has 2 fully saturated rings. The van der Waals surface area contributed by atoms with Gasteiger partial charge in [-0.25, -0.2) is 0 Å². The second-order valence-corrected chi connectivity index (χ2v) is 7.65. The van der Waals surface area contributed by atoms with Crippen LogP contribution in [-0.4, -0.2) is 33.5 Å². The van der Waals surface area contributed by atoms with E-state index in [0.717, 1.165) is 24.4 Å². The summed E-state index contributed by atoms with van der Waals surface area (Å²) in [6.07, 6.45) is 8.57. The average Bonchev–Trinajstić information content (AvgIpc) is 3.40. The monoisotopic (exact) mass is 345 g/mol. The van der Waals surface area contributed by atoms with E-state index in [1.54, 1.807) is 11.3 Å². The summed E-state index contributed by atoms with van der Waals surface area (Å²) >= 11 is 1.61. The number of amides is 1. The van der Waals surface area contributed by atoms with Crippen molar-refractivity contribution in [2.45, 2.75) is 57.4 Å². The molecule has 1 saturated heterocycles. The molecule has 1 atom stereocenters. The molecule has 2 aromatic heterocycles. The highest BCUT2D eigenvalue weighted by molar-refractivity contribution is 7.08. The molecular weight excluding hydrogens is 322 g/mol. The van der Waals surface area contributed by atoms with Gasteiger partial charge < -0.3 is 9.42 Å². The number of likely N-dealkylation sites (tertiary alicyclic amines) is 1. The van der Waals surface area contributed by atoms with Gasteiger partial charge in [-0.2, -0.15) is 16.3 Å². The lowest BCUT2D eigenvalue weighted by atomic mass is 9.96. The molecule has 6 heteroatoms. The number of carbonyl (C=O) groups is 1. The molecule has 2 aromatic rings. The maximum atomic E-state index is 12.7. The topological polar surface area (TPSA) is 59.2 Å². The van der Waals surface area contributed by atoms with E-state index in [9.17, 15) is 4.79 Å². The third kappa shape index (κ3) is 3.24. The maximum Gasteiger partial charge on any atom is 0.227 e. The number of rotatable bonds is 5. The van der Waals surface area contributed by atoms with E-state index in [1.807, 2.05) is 16.8 Å². The first kappa shape index (κ1) is 15.8. The summed E-state index contributed by atoms with van der Waals surface area (Å²) in [7, 11) is 0. The minimum Gasteiger partial charge on any atom is -0.339 e. The Kier molecular flexibility index (Phi) is 4.65. The Labute approximate surface area is 146 Å². The van der Waals surface area contributed by atoms with Crippen molar-refractivity contribution in [1.82, 2.24) is 15.0 Å². The molecule has 0 bridgehead atoms. The molecule has 5 nitrogen and oxygen atoms in total. The molecule has 1 aliphatic carbocycles. The van der Waals surface area contributed by atoms with E-state index >= 15 is 0 Å². The lowest BCUT2D eigenvalue weighted by Crippen LogP contribution is -2.39. The van der Waals surface area contributed by atoms with Crippen LogP contribution in [0.15, 0.2) is 21.3 Å². The highest BCUT2D eigenvalue weighted by atomic mass is 32.1. The zero-order valence-electron chi connectivity index (χ0n) is 13.8. The molecule has 2 aliphatic rings. The van der Waals surface area contributed by atoms with Gasteiger partial charge in [0.05, 0.1) is 0 Å². The third-order valence-corrected chi connectivity index (χ3v) is 6.05. The van der Waals surface area contributed by atoms with Crippen LogP contribution in [0.4, 0.5) is 0 Å². The van der Waals surface area contributed by atoms with Crippen molar-refractivity contribution in [3.63, 3.8) is 0 Å². The zero-order chi connectivity index (χ0) is 16.4. The average molecular weight is 345 g/mol. The number of hydrogen-bond donors (Lipinski definition) is 0. The van der Waals surface area contributed by atoms with Gasteiger partial charge in [-0.15, -0.1) is 0 Å². The second kappa shape index (κ2) is 7.05. The van der Waals surface area contributed by atoms with Crippen molar-refractivity contribution >= 4 is 17.2 Å². The molecule has 0 aromatic carbocycles. The fourth-order valence-electron chi connectivity index (χ4n) is 4.16. The smallest absolute Gasteiger partial charge is 0.227 e. The van der Waals surface area contributed by atoms with E-state index in [1.165, 1.54) is 32.1 Å². The minimum absolute atomic E-state index is 0.250. The highest BCUT2D eigenvalue weighted by Crippen LogP contribution is 2.35. The molecular formula is C18H23N3O2S. The number of carbonyl (C=O) groups excluding carboxylic acids is 1. The van der Waals surface area contributed by atoms with E-state index in [-0.39, 0.29) is 5.91 Å². The maximum absolute atomic E-state index is 12.7. The summed E-state index contributed by atoms with van der Waals surface area (Å²) in [6.45, 7) is 0.921. The molecule has 0 spiro atoms. The Hall–Kier alpha value is -1.69. The van der Waals surface area contributed by atoms with Gasteiger partial charge in [0.1, 0.15) is 0 Å². The zero-order valence-corrected chi connectivity index (χ0v) is 14.6. The minimum atomic E-state index is 0.250. The van der Waals surface area contributed by atoms with Crippen molar-refractivity contribution in [1.29, 1.82) is 0 Å². The lowest BCUT2D eigenvalue weighted by Gasteiger charge is -2.29. The van der Waals surface area contributed by atoms with Crippen LogP contribution >= 0.6 is 11.3 Å². The van der Waals surface area contributed by atoms with Gasteiger partial charge in [0.15, 0.2) is 0 Å². The highest BCUT2D eigenvalue weighted by Gasteiger charge is 2.35. The molecule has 0 N–H and O–H groups in total. The first-order valence-electron chi connectivity index (χ1n) is 8.96. The van der Waals surface area contributed by atoms with Crippen LogP contribution in [0.3, 0.4) is 0 Å². The molecule has 0 unspecified atom stereocenters. The summed E-state index contributed by atoms with van der Waals surface area (Å²) in [6, 6.07) is 2.45. The summed E-state index contributed by atoms with van der Waals surface area (Å²) in [5.74, 6) is 2.15. The number of nitrogens with zero attached hydrogens (tertiary/aromatic N) is 3. The molecule has 1 aliphatic heterocycles. The molecule has 1 saturated carbocycles. The van der Waals surface area contributed by atoms with Gasteiger partial charge in [0.25, 0.3) is 0 Å². The van der Waals surface area contributed by atoms with Crippen LogP contribution in [0, 0.1) is 5.92 Å². The van der Waals surface area contributed by atoms with Crippen LogP contribution in [0.1, 0.15) is 50.8 Å². The Bertz CT molecular complexity index is 676. The van der Waals surface area contributed by atoms with Gasteiger partial charge in [-0.3, -0.25) is 4.79 Å². The van der Waals surface area contributed by atoms with Crippen LogP contribution in [0.25, 0.3) is 11.4 Å². The summed E-state index contributed by atoms with van der Waals surface area (Å²) in [5, 5.41) is 8.00. The fourth-order valence-corrected chi connectivity index (χ4v) is 4.79. The van der Waals surface area contributed by atoms with Gasteiger partial charge in [0, 0.05) is 36.4 Å². The summed E-state index contributed by atoms with van der Waals surface area (Å²) in [4.78, 5) is 19.2. The Morgan fingerprint density at radius 2 is 2.17 bits per heavy atom. The first-order valence-corrected chi connectivity index (χ1v) is 9.90. The predicted octanol–water partition coefficient (Wildman–Crippen LogP) is 3.91.